The largest absolute Gasteiger partial charge is 0.497 e. The maximum absolute atomic E-state index is 12.4. The summed E-state index contributed by atoms with van der Waals surface area (Å²) in [5.74, 6) is 1.46. The van der Waals surface area contributed by atoms with Crippen molar-refractivity contribution in [3.05, 3.63) is 29.8 Å². The van der Waals surface area contributed by atoms with Gasteiger partial charge in [0.05, 0.1) is 12.7 Å². The van der Waals surface area contributed by atoms with Crippen molar-refractivity contribution in [1.82, 2.24) is 9.80 Å². The predicted molar refractivity (Wildman–Crippen MR) is 118 cm³/mol. The first-order valence-corrected chi connectivity index (χ1v) is 12.0. The lowest BCUT2D eigenvalue weighted by atomic mass is 9.64. The van der Waals surface area contributed by atoms with E-state index in [0.717, 1.165) is 37.2 Å². The molecule has 3 fully saturated rings. The van der Waals surface area contributed by atoms with Crippen LogP contribution in [0.25, 0.3) is 0 Å². The highest BCUT2D eigenvalue weighted by atomic mass is 16.5. The van der Waals surface area contributed by atoms with Gasteiger partial charge >= 0.3 is 0 Å². The minimum Gasteiger partial charge on any atom is -0.497 e. The van der Waals surface area contributed by atoms with E-state index in [1.807, 2.05) is 6.07 Å². The fraction of sp³-hybridized carbons (Fsp3) is 0.760. The first-order valence-electron chi connectivity index (χ1n) is 12.0. The molecule has 1 saturated carbocycles. The number of hydrogen-bond acceptors (Lipinski definition) is 4. The molecule has 4 rings (SSSR count). The average Bonchev–Trinajstić information content (AvgIpc) is 2.78. The third-order valence-electron chi connectivity index (χ3n) is 7.74. The quantitative estimate of drug-likeness (QED) is 0.774. The van der Waals surface area contributed by atoms with E-state index >= 15 is 0 Å². The number of likely N-dealkylation sites (tertiary alicyclic amines) is 2. The second kappa shape index (κ2) is 9.80. The number of hydrogen-bond donors (Lipinski definition) is 1. The molecular formula is C25H40N2O2. The molecule has 3 aliphatic rings. The van der Waals surface area contributed by atoms with Crippen LogP contribution in [0.2, 0.25) is 0 Å². The van der Waals surface area contributed by atoms with Crippen molar-refractivity contribution in [1.29, 1.82) is 0 Å². The van der Waals surface area contributed by atoms with Crippen LogP contribution >= 0.6 is 0 Å². The molecule has 162 valence electrons. The van der Waals surface area contributed by atoms with Crippen molar-refractivity contribution in [2.24, 2.45) is 11.8 Å². The maximum Gasteiger partial charge on any atom is 0.119 e. The number of ether oxygens (including phenoxy) is 1. The molecule has 29 heavy (non-hydrogen) atoms. The highest BCUT2D eigenvalue weighted by molar-refractivity contribution is 5.34. The van der Waals surface area contributed by atoms with E-state index in [1.54, 1.807) is 7.11 Å². The van der Waals surface area contributed by atoms with Crippen molar-refractivity contribution < 1.29 is 9.84 Å². The van der Waals surface area contributed by atoms with Crippen molar-refractivity contribution >= 4 is 0 Å². The Kier molecular flexibility index (Phi) is 7.15. The summed E-state index contributed by atoms with van der Waals surface area (Å²) in [7, 11) is 1.72. The summed E-state index contributed by atoms with van der Waals surface area (Å²) < 4.78 is 5.53. The van der Waals surface area contributed by atoms with E-state index < -0.39 is 5.60 Å². The number of nitrogens with zero attached hydrogens (tertiary/aromatic N) is 2. The van der Waals surface area contributed by atoms with Gasteiger partial charge in [-0.2, -0.15) is 0 Å². The first-order chi connectivity index (χ1) is 14.2. The van der Waals surface area contributed by atoms with Gasteiger partial charge in [0.15, 0.2) is 0 Å². The van der Waals surface area contributed by atoms with E-state index in [4.69, 9.17) is 4.74 Å². The zero-order chi connectivity index (χ0) is 20.1. The van der Waals surface area contributed by atoms with Crippen LogP contribution in [0.1, 0.15) is 63.4 Å². The number of methoxy groups -OCH3 is 1. The molecule has 1 aromatic carbocycles. The lowest BCUT2D eigenvalue weighted by Gasteiger charge is -2.49. The van der Waals surface area contributed by atoms with E-state index in [9.17, 15) is 5.11 Å². The number of rotatable bonds is 6. The average molecular weight is 401 g/mol. The molecule has 0 spiro atoms. The predicted octanol–water partition coefficient (Wildman–Crippen LogP) is 4.27. The zero-order valence-electron chi connectivity index (χ0n) is 18.3. The fourth-order valence-corrected chi connectivity index (χ4v) is 6.10. The molecular weight excluding hydrogens is 360 g/mol. The molecule has 0 aromatic heterocycles. The van der Waals surface area contributed by atoms with E-state index in [2.05, 4.69) is 28.0 Å². The SMILES string of the molecule is COc1cccc(C2(O)C(CN3CCCCC3)CCCC2CN2CCCCC2)c1. The van der Waals surface area contributed by atoms with E-state index in [1.165, 1.54) is 71.1 Å². The highest BCUT2D eigenvalue weighted by Gasteiger charge is 2.48. The Morgan fingerprint density at radius 1 is 0.862 bits per heavy atom. The van der Waals surface area contributed by atoms with Crippen LogP contribution in [0.15, 0.2) is 24.3 Å². The van der Waals surface area contributed by atoms with Crippen LogP contribution in [0.5, 0.6) is 5.75 Å². The van der Waals surface area contributed by atoms with Gasteiger partial charge < -0.3 is 19.6 Å². The third-order valence-corrected chi connectivity index (χ3v) is 7.74. The Hall–Kier alpha value is -1.10. The standard InChI is InChI=1S/C25H40N2O2/c1-29-24-13-9-10-21(18-24)25(28)22(19-26-14-4-2-5-15-26)11-8-12-23(25)20-27-16-6-3-7-17-27/h9-10,13,18,22-23,28H,2-8,11-12,14-17,19-20H2,1H3. The lowest BCUT2D eigenvalue weighted by molar-refractivity contribution is -0.119. The Labute approximate surface area is 177 Å². The van der Waals surface area contributed by atoms with Crippen LogP contribution < -0.4 is 4.74 Å². The topological polar surface area (TPSA) is 35.9 Å². The fourth-order valence-electron chi connectivity index (χ4n) is 6.10. The summed E-state index contributed by atoms with van der Waals surface area (Å²) in [6.07, 6.45) is 11.4. The van der Waals surface area contributed by atoms with Crippen molar-refractivity contribution in [2.45, 2.75) is 63.4 Å². The maximum atomic E-state index is 12.4. The van der Waals surface area contributed by atoms with Crippen molar-refractivity contribution in [3.8, 4) is 5.75 Å². The van der Waals surface area contributed by atoms with Gasteiger partial charge in [0.2, 0.25) is 0 Å². The van der Waals surface area contributed by atoms with Gasteiger partial charge in [-0.05, 0) is 82.4 Å². The molecule has 1 aromatic rings. The van der Waals surface area contributed by atoms with Gasteiger partial charge in [0.25, 0.3) is 0 Å². The van der Waals surface area contributed by atoms with Crippen LogP contribution in [0.4, 0.5) is 0 Å². The summed E-state index contributed by atoms with van der Waals surface area (Å²) in [6, 6.07) is 8.28. The van der Waals surface area contributed by atoms with Crippen LogP contribution in [-0.2, 0) is 5.60 Å². The molecule has 4 nitrogen and oxygen atoms in total. The Morgan fingerprint density at radius 3 is 1.93 bits per heavy atom. The molecule has 0 radical (unpaired) electrons. The first kappa shape index (κ1) is 21.1. The molecule has 2 heterocycles. The summed E-state index contributed by atoms with van der Waals surface area (Å²) in [5.41, 5.74) is 0.308. The molecule has 1 aliphatic carbocycles. The summed E-state index contributed by atoms with van der Waals surface area (Å²) in [5, 5.41) is 12.4. The van der Waals surface area contributed by atoms with Crippen molar-refractivity contribution in [2.75, 3.05) is 46.4 Å². The van der Waals surface area contributed by atoms with Gasteiger partial charge in [-0.3, -0.25) is 0 Å². The normalized spacial score (nSPS) is 32.2. The van der Waals surface area contributed by atoms with Gasteiger partial charge in [0, 0.05) is 24.9 Å². The molecule has 0 bridgehead atoms. The zero-order valence-corrected chi connectivity index (χ0v) is 18.3. The number of benzene rings is 1. The summed E-state index contributed by atoms with van der Waals surface area (Å²) >= 11 is 0. The monoisotopic (exact) mass is 400 g/mol. The Balaban J connectivity index is 1.61. The van der Waals surface area contributed by atoms with Crippen LogP contribution in [0.3, 0.4) is 0 Å². The van der Waals surface area contributed by atoms with Crippen molar-refractivity contribution in [3.63, 3.8) is 0 Å². The number of aliphatic hydroxyl groups is 1. The third kappa shape index (κ3) is 4.81. The molecule has 0 amide bonds. The highest BCUT2D eigenvalue weighted by Crippen LogP contribution is 2.47. The van der Waals surface area contributed by atoms with Gasteiger partial charge in [-0.15, -0.1) is 0 Å². The summed E-state index contributed by atoms with van der Waals surface area (Å²) in [4.78, 5) is 5.23. The molecule has 2 unspecified atom stereocenters. The Bertz CT molecular complexity index is 609. The molecule has 4 heteroatoms. The van der Waals surface area contributed by atoms with E-state index in [-0.39, 0.29) is 0 Å². The minimum absolute atomic E-state index is 0.302. The second-order valence-electron chi connectivity index (χ2n) is 9.60. The number of piperidine rings is 2. The van der Waals surface area contributed by atoms with Gasteiger partial charge in [-0.25, -0.2) is 0 Å². The Morgan fingerprint density at radius 2 is 1.41 bits per heavy atom. The summed E-state index contributed by atoms with van der Waals surface area (Å²) in [6.45, 7) is 6.85. The molecule has 1 N–H and O–H groups in total. The molecule has 2 aliphatic heterocycles. The minimum atomic E-state index is -0.762. The van der Waals surface area contributed by atoms with Gasteiger partial charge in [-0.1, -0.05) is 31.4 Å². The molecule has 2 atom stereocenters. The lowest BCUT2D eigenvalue weighted by Crippen LogP contribution is -2.53. The van der Waals surface area contributed by atoms with E-state index in [0.29, 0.717) is 11.8 Å². The second-order valence-corrected chi connectivity index (χ2v) is 9.60. The van der Waals surface area contributed by atoms with Gasteiger partial charge in [0.1, 0.15) is 5.75 Å². The smallest absolute Gasteiger partial charge is 0.119 e. The molecule has 2 saturated heterocycles. The van der Waals surface area contributed by atoms with Crippen LogP contribution in [-0.4, -0.2) is 61.3 Å². The van der Waals surface area contributed by atoms with Crippen LogP contribution in [0, 0.1) is 11.8 Å².